The van der Waals surface area contributed by atoms with Crippen LogP contribution in [0.2, 0.25) is 0 Å². The lowest BCUT2D eigenvalue weighted by Gasteiger charge is -2.40. The van der Waals surface area contributed by atoms with Crippen LogP contribution in [0.15, 0.2) is 47.4 Å². The highest BCUT2D eigenvalue weighted by molar-refractivity contribution is 7.92. The summed E-state index contributed by atoms with van der Waals surface area (Å²) in [6.45, 7) is 2.80. The van der Waals surface area contributed by atoms with Crippen LogP contribution in [0.4, 0.5) is 29.3 Å². The van der Waals surface area contributed by atoms with Gasteiger partial charge in [-0.3, -0.25) is 14.4 Å². The largest absolute Gasteiger partial charge is 0.486 e. The van der Waals surface area contributed by atoms with Crippen LogP contribution >= 0.6 is 0 Å². The van der Waals surface area contributed by atoms with Crippen molar-refractivity contribution in [3.63, 3.8) is 0 Å². The minimum Gasteiger partial charge on any atom is -0.486 e. The molecule has 1 saturated heterocycles. The third-order valence-corrected chi connectivity index (χ3v) is 7.49. The normalized spacial score (nSPS) is 18.3. The van der Waals surface area contributed by atoms with E-state index in [4.69, 9.17) is 9.84 Å². The maximum atomic E-state index is 13.5. The molecule has 1 fully saturated rings. The Bertz CT molecular complexity index is 1260. The van der Waals surface area contributed by atoms with Crippen LogP contribution in [0.3, 0.4) is 0 Å². The number of alkyl halides is 3. The van der Waals surface area contributed by atoms with Gasteiger partial charge in [-0.15, -0.1) is 0 Å². The molecule has 188 valence electrons. The molecule has 4 rings (SSSR count). The fourth-order valence-electron chi connectivity index (χ4n) is 4.03. The number of carbonyl (C=O) groups excluding carboxylic acids is 1. The minimum atomic E-state index is -4.75. The molecule has 0 saturated carbocycles. The Morgan fingerprint density at radius 2 is 1.86 bits per heavy atom. The molecule has 0 aromatic heterocycles. The van der Waals surface area contributed by atoms with Crippen molar-refractivity contribution >= 4 is 33.4 Å². The molecule has 0 aliphatic carbocycles. The second-order valence-corrected chi connectivity index (χ2v) is 10.4. The topological polar surface area (TPSA) is 116 Å². The first-order chi connectivity index (χ1) is 16.3. The average Bonchev–Trinajstić information content (AvgIpc) is 2.75. The third-order valence-electron chi connectivity index (χ3n) is 5.71. The molecule has 0 radical (unpaired) electrons. The molecule has 35 heavy (non-hydrogen) atoms. The van der Waals surface area contributed by atoms with Crippen molar-refractivity contribution in [2.24, 2.45) is 5.92 Å². The first kappa shape index (κ1) is 24.6. The summed E-state index contributed by atoms with van der Waals surface area (Å²) in [4.78, 5) is 24.6. The number of ether oxygens (including phenoxy) is 1. The van der Waals surface area contributed by atoms with Crippen molar-refractivity contribution < 1.29 is 41.0 Å². The Morgan fingerprint density at radius 3 is 2.49 bits per heavy atom. The maximum absolute atomic E-state index is 13.5. The van der Waals surface area contributed by atoms with E-state index < -0.39 is 38.9 Å². The lowest BCUT2D eigenvalue weighted by molar-refractivity contribution is -0.139. The Hall–Kier alpha value is -3.48. The number of hydrogen-bond acceptors (Lipinski definition) is 5. The Kier molecular flexibility index (Phi) is 6.30. The van der Waals surface area contributed by atoms with Gasteiger partial charge in [0.15, 0.2) is 0 Å². The number of carbonyl (C=O) groups is 2. The van der Waals surface area contributed by atoms with Gasteiger partial charge in [-0.25, -0.2) is 13.2 Å². The summed E-state index contributed by atoms with van der Waals surface area (Å²) in [6, 6.07) is 7.24. The number of nitrogens with one attached hydrogen (secondary N) is 1. The van der Waals surface area contributed by atoms with Gasteiger partial charge in [0, 0.05) is 18.8 Å². The molecule has 2 aromatic carbocycles. The Labute approximate surface area is 199 Å². The summed E-state index contributed by atoms with van der Waals surface area (Å²) in [6.07, 6.45) is -7.17. The number of hydrogen-bond donors (Lipinski definition) is 2. The van der Waals surface area contributed by atoms with Gasteiger partial charge in [0.05, 0.1) is 29.1 Å². The predicted molar refractivity (Wildman–Crippen MR) is 119 cm³/mol. The number of benzene rings is 2. The summed E-state index contributed by atoms with van der Waals surface area (Å²) in [7, 11) is -4.54. The SMILES string of the molecule is CC1CN(C(=O)CC2CN(S(=O)(=O)c3cccc(C(F)(F)F)c3)c3cc(NC(=O)O)ccc3O2)C1. The zero-order valence-electron chi connectivity index (χ0n) is 18.4. The molecule has 0 spiro atoms. The second-order valence-electron chi connectivity index (χ2n) is 8.52. The van der Waals surface area contributed by atoms with Gasteiger partial charge in [0.25, 0.3) is 10.0 Å². The molecular weight excluding hydrogens is 491 g/mol. The van der Waals surface area contributed by atoms with Crippen molar-refractivity contribution in [1.29, 1.82) is 0 Å². The minimum absolute atomic E-state index is 0.0354. The Morgan fingerprint density at radius 1 is 1.14 bits per heavy atom. The number of anilines is 2. The van der Waals surface area contributed by atoms with E-state index in [1.165, 1.54) is 18.2 Å². The van der Waals surface area contributed by atoms with Crippen molar-refractivity contribution in [2.75, 3.05) is 29.3 Å². The number of likely N-dealkylation sites (tertiary alicyclic amines) is 1. The van der Waals surface area contributed by atoms with Crippen molar-refractivity contribution in [3.05, 3.63) is 48.0 Å². The number of nitrogens with zero attached hydrogens (tertiary/aromatic N) is 2. The highest BCUT2D eigenvalue weighted by Gasteiger charge is 2.39. The second kappa shape index (κ2) is 8.95. The number of halogens is 3. The molecule has 2 aromatic rings. The quantitative estimate of drug-likeness (QED) is 0.631. The van der Waals surface area contributed by atoms with E-state index in [1.54, 1.807) is 4.90 Å². The van der Waals surface area contributed by atoms with E-state index in [-0.39, 0.29) is 36.0 Å². The van der Waals surface area contributed by atoms with Gasteiger partial charge < -0.3 is 14.7 Å². The van der Waals surface area contributed by atoms with Gasteiger partial charge >= 0.3 is 12.3 Å². The third kappa shape index (κ3) is 5.14. The van der Waals surface area contributed by atoms with Crippen LogP contribution < -0.4 is 14.4 Å². The van der Waals surface area contributed by atoms with E-state index in [0.29, 0.717) is 25.1 Å². The number of sulfonamides is 1. The monoisotopic (exact) mass is 513 g/mol. The van der Waals surface area contributed by atoms with E-state index in [1.807, 2.05) is 6.92 Å². The number of rotatable bonds is 5. The first-order valence-corrected chi connectivity index (χ1v) is 12.1. The van der Waals surface area contributed by atoms with E-state index in [2.05, 4.69) is 5.32 Å². The summed E-state index contributed by atoms with van der Waals surface area (Å²) < 4.78 is 73.4. The molecule has 9 nitrogen and oxygen atoms in total. The number of carboxylic acid groups (broad SMARTS) is 1. The van der Waals surface area contributed by atoms with Crippen LogP contribution in [0.5, 0.6) is 5.75 Å². The molecule has 1 unspecified atom stereocenters. The van der Waals surface area contributed by atoms with E-state index in [9.17, 15) is 31.2 Å². The summed E-state index contributed by atoms with van der Waals surface area (Å²) in [5.41, 5.74) is -1.16. The van der Waals surface area contributed by atoms with Crippen LogP contribution in [0.1, 0.15) is 18.9 Å². The maximum Gasteiger partial charge on any atom is 0.416 e. The fourth-order valence-corrected chi connectivity index (χ4v) is 5.58. The molecule has 2 amide bonds. The van der Waals surface area contributed by atoms with Gasteiger partial charge in [0.2, 0.25) is 5.91 Å². The summed E-state index contributed by atoms with van der Waals surface area (Å²) >= 11 is 0. The van der Waals surface area contributed by atoms with Crippen LogP contribution in [-0.2, 0) is 21.0 Å². The molecule has 2 heterocycles. The highest BCUT2D eigenvalue weighted by atomic mass is 32.2. The summed E-state index contributed by atoms with van der Waals surface area (Å²) in [5, 5.41) is 11.1. The predicted octanol–water partition coefficient (Wildman–Crippen LogP) is 3.62. The molecule has 2 aliphatic rings. The van der Waals surface area contributed by atoms with Crippen molar-refractivity contribution in [1.82, 2.24) is 4.90 Å². The smallest absolute Gasteiger partial charge is 0.416 e. The highest BCUT2D eigenvalue weighted by Crippen LogP contribution is 2.40. The zero-order valence-corrected chi connectivity index (χ0v) is 19.3. The van der Waals surface area contributed by atoms with Crippen LogP contribution in [-0.4, -0.2) is 56.2 Å². The number of fused-ring (bicyclic) bond motifs is 1. The van der Waals surface area contributed by atoms with E-state index in [0.717, 1.165) is 22.5 Å². The standard InChI is InChI=1S/C22H22F3N3O6S/c1-13-10-27(11-13)20(29)9-16-12-28(18-8-15(26-21(30)31)5-6-19(18)34-16)35(32,33)17-4-2-3-14(7-17)22(23,24)25/h2-8,13,16,26H,9-12H2,1H3,(H,30,31). The molecule has 13 heteroatoms. The van der Waals surface area contributed by atoms with Gasteiger partial charge in [-0.2, -0.15) is 13.2 Å². The van der Waals surface area contributed by atoms with Crippen LogP contribution in [0.25, 0.3) is 0 Å². The molecule has 2 N–H and O–H groups in total. The van der Waals surface area contributed by atoms with Crippen LogP contribution in [0, 0.1) is 5.92 Å². The van der Waals surface area contributed by atoms with Gasteiger partial charge in [0.1, 0.15) is 11.9 Å². The number of amides is 2. The Balaban J connectivity index is 1.71. The fraction of sp³-hybridized carbons (Fsp3) is 0.364. The van der Waals surface area contributed by atoms with E-state index >= 15 is 0 Å². The molecule has 0 bridgehead atoms. The first-order valence-electron chi connectivity index (χ1n) is 10.6. The lowest BCUT2D eigenvalue weighted by Crippen LogP contribution is -2.51. The average molecular weight is 513 g/mol. The van der Waals surface area contributed by atoms with Crippen molar-refractivity contribution in [3.8, 4) is 5.75 Å². The summed E-state index contributed by atoms with van der Waals surface area (Å²) in [5.74, 6) is 0.194. The molecule has 2 aliphatic heterocycles. The molecular formula is C22H22F3N3O6S. The zero-order chi connectivity index (χ0) is 25.5. The lowest BCUT2D eigenvalue weighted by atomic mass is 10.0. The molecule has 1 atom stereocenters. The van der Waals surface area contributed by atoms with Gasteiger partial charge in [-0.05, 0) is 42.3 Å². The van der Waals surface area contributed by atoms with Crippen molar-refractivity contribution in [2.45, 2.75) is 30.5 Å². The van der Waals surface area contributed by atoms with Gasteiger partial charge in [-0.1, -0.05) is 13.0 Å².